The van der Waals surface area contributed by atoms with E-state index in [0.29, 0.717) is 0 Å². The summed E-state index contributed by atoms with van der Waals surface area (Å²) in [6.07, 6.45) is 42.1. The molecule has 34 heavy (non-hydrogen) atoms. The minimum Gasteiger partial charge on any atom is -1.00 e. The van der Waals surface area contributed by atoms with Gasteiger partial charge in [-0.3, -0.25) is 0 Å². The third-order valence-corrected chi connectivity index (χ3v) is 13.0. The topological polar surface area (TPSA) is 0 Å². The SMILES string of the molecule is CCCCCCCCCCC[P+](CCCCCCC)(CCCCCCC)CCCCCCC.[I-]. The summed E-state index contributed by atoms with van der Waals surface area (Å²) in [5, 5.41) is 0. The van der Waals surface area contributed by atoms with Gasteiger partial charge in [0.1, 0.15) is 0 Å². The van der Waals surface area contributed by atoms with E-state index < -0.39 is 7.26 Å². The van der Waals surface area contributed by atoms with Crippen LogP contribution in [-0.2, 0) is 0 Å². The fourth-order valence-electron chi connectivity index (χ4n) is 5.58. The Balaban J connectivity index is 0. The monoisotopic (exact) mass is 610 g/mol. The van der Waals surface area contributed by atoms with Crippen molar-refractivity contribution >= 4 is 7.26 Å². The molecule has 0 amide bonds. The first-order valence-electron chi connectivity index (χ1n) is 16.1. The van der Waals surface area contributed by atoms with Gasteiger partial charge in [-0.25, -0.2) is 0 Å². The zero-order valence-corrected chi connectivity index (χ0v) is 27.7. The van der Waals surface area contributed by atoms with Gasteiger partial charge in [0.05, 0.1) is 24.6 Å². The molecule has 0 fully saturated rings. The highest BCUT2D eigenvalue weighted by atomic mass is 127. The minimum atomic E-state index is -0.712. The average Bonchev–Trinajstić information content (AvgIpc) is 2.82. The number of halogens is 1. The second kappa shape index (κ2) is 30.4. The summed E-state index contributed by atoms with van der Waals surface area (Å²) in [4.78, 5) is 0. The maximum atomic E-state index is 2.35. The van der Waals surface area contributed by atoms with Crippen molar-refractivity contribution in [2.24, 2.45) is 0 Å². The second-order valence-electron chi connectivity index (χ2n) is 11.3. The van der Waals surface area contributed by atoms with Gasteiger partial charge in [-0.05, 0) is 51.4 Å². The molecular formula is C32H68IP. The van der Waals surface area contributed by atoms with Gasteiger partial charge in [0, 0.05) is 7.26 Å². The van der Waals surface area contributed by atoms with Crippen LogP contribution in [0.25, 0.3) is 0 Å². The Morgan fingerprint density at radius 2 is 0.441 bits per heavy atom. The second-order valence-corrected chi connectivity index (χ2v) is 15.8. The Morgan fingerprint density at radius 1 is 0.265 bits per heavy atom. The molecule has 0 radical (unpaired) electrons. The lowest BCUT2D eigenvalue weighted by Crippen LogP contribution is -3.00. The van der Waals surface area contributed by atoms with Crippen LogP contribution in [0.4, 0.5) is 0 Å². The van der Waals surface area contributed by atoms with E-state index in [1.165, 1.54) is 128 Å². The summed E-state index contributed by atoms with van der Waals surface area (Å²) in [5.41, 5.74) is 0. The molecule has 0 N–H and O–H groups in total. The molecule has 0 aromatic heterocycles. The van der Waals surface area contributed by atoms with Gasteiger partial charge in [0.2, 0.25) is 0 Å². The Hall–Kier alpha value is 1.16. The van der Waals surface area contributed by atoms with E-state index in [9.17, 15) is 0 Å². The molecule has 0 unspecified atom stereocenters. The molecule has 0 aliphatic rings. The summed E-state index contributed by atoms with van der Waals surface area (Å²) < 4.78 is 0. The van der Waals surface area contributed by atoms with Gasteiger partial charge in [0.25, 0.3) is 0 Å². The summed E-state index contributed by atoms with van der Waals surface area (Å²) >= 11 is 0. The molecule has 0 nitrogen and oxygen atoms in total. The van der Waals surface area contributed by atoms with Gasteiger partial charge in [-0.2, -0.15) is 0 Å². The fraction of sp³-hybridized carbons (Fsp3) is 1.00. The third kappa shape index (κ3) is 24.8. The van der Waals surface area contributed by atoms with Crippen LogP contribution >= 0.6 is 7.26 Å². The zero-order valence-electron chi connectivity index (χ0n) is 24.6. The highest BCUT2D eigenvalue weighted by Gasteiger charge is 2.34. The number of hydrogen-bond donors (Lipinski definition) is 0. The van der Waals surface area contributed by atoms with Crippen LogP contribution < -0.4 is 24.0 Å². The van der Waals surface area contributed by atoms with Crippen molar-refractivity contribution in [1.29, 1.82) is 0 Å². The molecule has 208 valence electrons. The summed E-state index contributed by atoms with van der Waals surface area (Å²) in [5.74, 6) is 0. The van der Waals surface area contributed by atoms with E-state index >= 15 is 0 Å². The molecular weight excluding hydrogens is 542 g/mol. The van der Waals surface area contributed by atoms with E-state index in [1.807, 2.05) is 0 Å². The highest BCUT2D eigenvalue weighted by molar-refractivity contribution is 7.75. The van der Waals surface area contributed by atoms with Gasteiger partial charge < -0.3 is 24.0 Å². The summed E-state index contributed by atoms with van der Waals surface area (Å²) in [7, 11) is -0.712. The normalized spacial score (nSPS) is 11.6. The maximum absolute atomic E-state index is 2.35. The molecule has 0 spiro atoms. The molecule has 0 atom stereocenters. The van der Waals surface area contributed by atoms with Crippen molar-refractivity contribution in [3.63, 3.8) is 0 Å². The fourth-order valence-corrected chi connectivity index (χ4v) is 10.5. The van der Waals surface area contributed by atoms with Gasteiger partial charge in [-0.15, -0.1) is 0 Å². The Kier molecular flexibility index (Phi) is 33.3. The van der Waals surface area contributed by atoms with Crippen LogP contribution in [0, 0.1) is 0 Å². The van der Waals surface area contributed by atoms with E-state index in [-0.39, 0.29) is 24.0 Å². The maximum Gasteiger partial charge on any atom is 0.0594 e. The number of rotatable bonds is 28. The summed E-state index contributed by atoms with van der Waals surface area (Å²) in [6, 6.07) is 0. The predicted molar refractivity (Wildman–Crippen MR) is 160 cm³/mol. The van der Waals surface area contributed by atoms with E-state index in [1.54, 1.807) is 50.3 Å². The molecule has 0 saturated carbocycles. The molecule has 0 rings (SSSR count). The lowest BCUT2D eigenvalue weighted by atomic mass is 10.1. The Morgan fingerprint density at radius 3 is 0.647 bits per heavy atom. The van der Waals surface area contributed by atoms with Crippen molar-refractivity contribution in [1.82, 2.24) is 0 Å². The first-order valence-corrected chi connectivity index (χ1v) is 18.6. The Labute approximate surface area is 236 Å². The van der Waals surface area contributed by atoms with Crippen LogP contribution in [0.2, 0.25) is 0 Å². The van der Waals surface area contributed by atoms with Crippen molar-refractivity contribution in [3.8, 4) is 0 Å². The third-order valence-electron chi connectivity index (χ3n) is 7.94. The van der Waals surface area contributed by atoms with E-state index in [0.717, 1.165) is 0 Å². The number of unbranched alkanes of at least 4 members (excludes halogenated alkanes) is 20. The van der Waals surface area contributed by atoms with Crippen LogP contribution in [0.1, 0.15) is 182 Å². The van der Waals surface area contributed by atoms with Crippen LogP contribution in [0.5, 0.6) is 0 Å². The van der Waals surface area contributed by atoms with Gasteiger partial charge in [0.15, 0.2) is 0 Å². The molecule has 0 aromatic carbocycles. The van der Waals surface area contributed by atoms with Crippen LogP contribution in [0.15, 0.2) is 0 Å². The zero-order chi connectivity index (χ0) is 24.3. The largest absolute Gasteiger partial charge is 1.00 e. The molecule has 0 bridgehead atoms. The standard InChI is InChI=1S/C32H68P.HI/c1-5-9-13-17-18-19-20-24-28-32-33(29-25-21-14-10-6-2,30-26-22-15-11-7-3)31-27-23-16-12-8-4;/h5-32H2,1-4H3;1H/q+1;/p-1. The molecule has 2 heteroatoms. The van der Waals surface area contributed by atoms with Crippen molar-refractivity contribution in [2.45, 2.75) is 182 Å². The minimum absolute atomic E-state index is 0. The van der Waals surface area contributed by atoms with Crippen LogP contribution in [0.3, 0.4) is 0 Å². The lowest BCUT2D eigenvalue weighted by Gasteiger charge is -2.28. The molecule has 0 aliphatic heterocycles. The van der Waals surface area contributed by atoms with Gasteiger partial charge >= 0.3 is 0 Å². The van der Waals surface area contributed by atoms with Crippen molar-refractivity contribution in [3.05, 3.63) is 0 Å². The van der Waals surface area contributed by atoms with E-state index in [2.05, 4.69) is 27.7 Å². The summed E-state index contributed by atoms with van der Waals surface area (Å²) in [6.45, 7) is 9.39. The highest BCUT2D eigenvalue weighted by Crippen LogP contribution is 2.61. The van der Waals surface area contributed by atoms with E-state index in [4.69, 9.17) is 0 Å². The Bertz CT molecular complexity index is 321. The van der Waals surface area contributed by atoms with Crippen molar-refractivity contribution < 1.29 is 24.0 Å². The quantitative estimate of drug-likeness (QED) is 0.0470. The molecule has 0 aromatic rings. The lowest BCUT2D eigenvalue weighted by molar-refractivity contribution is -0.00000755. The molecule has 0 heterocycles. The smallest absolute Gasteiger partial charge is 0.0594 e. The van der Waals surface area contributed by atoms with Gasteiger partial charge in [-0.1, -0.05) is 130 Å². The van der Waals surface area contributed by atoms with Crippen LogP contribution in [-0.4, -0.2) is 24.6 Å². The first kappa shape index (κ1) is 37.3. The molecule has 0 saturated heterocycles. The molecule has 0 aliphatic carbocycles. The average molecular weight is 611 g/mol. The predicted octanol–water partition coefficient (Wildman–Crippen LogP) is 9.45. The number of hydrogen-bond acceptors (Lipinski definition) is 0. The first-order chi connectivity index (χ1) is 16.2. The van der Waals surface area contributed by atoms with Crippen molar-refractivity contribution in [2.75, 3.05) is 24.6 Å².